The second kappa shape index (κ2) is 3.20. The van der Waals surface area contributed by atoms with E-state index in [4.69, 9.17) is 21.7 Å². The molecule has 10 heavy (non-hydrogen) atoms. The van der Waals surface area contributed by atoms with Crippen molar-refractivity contribution in [2.24, 2.45) is 5.41 Å². The van der Waals surface area contributed by atoms with Gasteiger partial charge in [-0.05, 0) is 0 Å². The first-order chi connectivity index (χ1) is 4.63. The smallest absolute Gasteiger partial charge is 0.326 e. The number of hydrogen-bond acceptors (Lipinski definition) is 3. The van der Waals surface area contributed by atoms with E-state index in [1.165, 1.54) is 0 Å². The Bertz CT molecular complexity index is 163. The third kappa shape index (κ3) is 1.26. The summed E-state index contributed by atoms with van der Waals surface area (Å²) in [5, 5.41) is 25.3. The maximum Gasteiger partial charge on any atom is 0.326 e. The van der Waals surface area contributed by atoms with Crippen molar-refractivity contribution in [3.05, 3.63) is 0 Å². The van der Waals surface area contributed by atoms with Crippen molar-refractivity contribution in [2.75, 3.05) is 13.2 Å². The van der Waals surface area contributed by atoms with Crippen molar-refractivity contribution in [3.63, 3.8) is 0 Å². The standard InChI is InChI=1S/C6H8O4/c1-2-6(3-7,4-8)5(9)10/h1,7-8H,3-4H2,(H,9,10). The number of carbonyl (C=O) groups is 1. The first-order valence-electron chi connectivity index (χ1n) is 2.56. The average Bonchev–Trinajstić information content (AvgIpc) is 1.92. The molecule has 0 saturated carbocycles. The third-order valence-electron chi connectivity index (χ3n) is 1.23. The van der Waals surface area contributed by atoms with Crippen LogP contribution in [0.3, 0.4) is 0 Å². The molecule has 0 spiro atoms. The van der Waals surface area contributed by atoms with Crippen LogP contribution in [0.1, 0.15) is 0 Å². The summed E-state index contributed by atoms with van der Waals surface area (Å²) < 4.78 is 0. The summed E-state index contributed by atoms with van der Waals surface area (Å²) in [6, 6.07) is 0. The van der Waals surface area contributed by atoms with Crippen LogP contribution in [-0.4, -0.2) is 34.5 Å². The molecule has 4 nitrogen and oxygen atoms in total. The molecule has 0 saturated heterocycles. The number of aliphatic hydroxyl groups excluding tert-OH is 2. The molecule has 0 aromatic heterocycles. The highest BCUT2D eigenvalue weighted by molar-refractivity contribution is 5.78. The van der Waals surface area contributed by atoms with E-state index in [1.54, 1.807) is 0 Å². The lowest BCUT2D eigenvalue weighted by Gasteiger charge is -2.16. The molecular formula is C6H8O4. The molecule has 0 radical (unpaired) electrons. The Hall–Kier alpha value is -1.05. The van der Waals surface area contributed by atoms with Gasteiger partial charge in [-0.15, -0.1) is 6.42 Å². The molecule has 0 aromatic rings. The zero-order valence-electron chi connectivity index (χ0n) is 5.24. The number of carboxylic acids is 1. The Labute approximate surface area is 58.1 Å². The molecule has 0 fully saturated rings. The summed E-state index contributed by atoms with van der Waals surface area (Å²) in [7, 11) is 0. The van der Waals surface area contributed by atoms with Crippen molar-refractivity contribution < 1.29 is 20.1 Å². The first kappa shape index (κ1) is 8.95. The molecular weight excluding hydrogens is 136 g/mol. The number of aliphatic carboxylic acids is 1. The highest BCUT2D eigenvalue weighted by atomic mass is 16.4. The Morgan fingerprint density at radius 1 is 1.50 bits per heavy atom. The molecule has 0 amide bonds. The van der Waals surface area contributed by atoms with Crippen molar-refractivity contribution in [2.45, 2.75) is 0 Å². The minimum atomic E-state index is -1.82. The van der Waals surface area contributed by atoms with Crippen LogP contribution in [0, 0.1) is 17.8 Å². The number of rotatable bonds is 3. The van der Waals surface area contributed by atoms with Gasteiger partial charge in [0, 0.05) is 0 Å². The molecule has 0 heterocycles. The topological polar surface area (TPSA) is 77.8 Å². The molecule has 0 aliphatic heterocycles. The Kier molecular flexibility index (Phi) is 2.87. The minimum absolute atomic E-state index is 0.755. The van der Waals surface area contributed by atoms with Crippen LogP contribution in [0.2, 0.25) is 0 Å². The van der Waals surface area contributed by atoms with Crippen LogP contribution in [-0.2, 0) is 4.79 Å². The highest BCUT2D eigenvalue weighted by Crippen LogP contribution is 2.13. The zero-order valence-corrected chi connectivity index (χ0v) is 5.24. The molecule has 56 valence electrons. The van der Waals surface area contributed by atoms with Crippen molar-refractivity contribution in [1.29, 1.82) is 0 Å². The van der Waals surface area contributed by atoms with Gasteiger partial charge in [-0.3, -0.25) is 4.79 Å². The van der Waals surface area contributed by atoms with E-state index in [0.717, 1.165) is 0 Å². The fourth-order valence-electron chi connectivity index (χ4n) is 0.338. The first-order valence-corrected chi connectivity index (χ1v) is 2.56. The van der Waals surface area contributed by atoms with Gasteiger partial charge in [-0.1, -0.05) is 5.92 Å². The van der Waals surface area contributed by atoms with Crippen molar-refractivity contribution >= 4 is 5.97 Å². The lowest BCUT2D eigenvalue weighted by atomic mass is 9.92. The summed E-state index contributed by atoms with van der Waals surface area (Å²) in [4.78, 5) is 10.3. The average molecular weight is 144 g/mol. The van der Waals surface area contributed by atoms with Crippen molar-refractivity contribution in [3.8, 4) is 12.3 Å². The summed E-state index contributed by atoms with van der Waals surface area (Å²) in [6.45, 7) is -1.51. The van der Waals surface area contributed by atoms with E-state index in [0.29, 0.717) is 0 Å². The summed E-state index contributed by atoms with van der Waals surface area (Å²) in [6.07, 6.45) is 4.78. The van der Waals surface area contributed by atoms with E-state index < -0.39 is 24.6 Å². The fourth-order valence-corrected chi connectivity index (χ4v) is 0.338. The Morgan fingerprint density at radius 3 is 1.90 bits per heavy atom. The predicted octanol–water partition coefficient (Wildman–Crippen LogP) is -1.32. The van der Waals surface area contributed by atoms with E-state index in [2.05, 4.69) is 0 Å². The second-order valence-electron chi connectivity index (χ2n) is 1.85. The van der Waals surface area contributed by atoms with Gasteiger partial charge >= 0.3 is 5.97 Å². The third-order valence-corrected chi connectivity index (χ3v) is 1.23. The van der Waals surface area contributed by atoms with Gasteiger partial charge in [-0.2, -0.15) is 0 Å². The van der Waals surface area contributed by atoms with E-state index in [9.17, 15) is 4.79 Å². The number of terminal acetylenes is 1. The predicted molar refractivity (Wildman–Crippen MR) is 33.1 cm³/mol. The maximum atomic E-state index is 10.3. The van der Waals surface area contributed by atoms with Crippen LogP contribution in [0.25, 0.3) is 0 Å². The second-order valence-corrected chi connectivity index (χ2v) is 1.85. The Morgan fingerprint density at radius 2 is 1.90 bits per heavy atom. The van der Waals surface area contributed by atoms with E-state index >= 15 is 0 Å². The van der Waals surface area contributed by atoms with Crippen molar-refractivity contribution in [1.82, 2.24) is 0 Å². The van der Waals surface area contributed by atoms with Gasteiger partial charge in [-0.25, -0.2) is 0 Å². The van der Waals surface area contributed by atoms with Gasteiger partial charge in [0.2, 0.25) is 0 Å². The quantitative estimate of drug-likeness (QED) is 0.429. The fraction of sp³-hybridized carbons (Fsp3) is 0.500. The molecule has 0 rings (SSSR count). The van der Waals surface area contributed by atoms with Gasteiger partial charge < -0.3 is 15.3 Å². The van der Waals surface area contributed by atoms with E-state index in [-0.39, 0.29) is 0 Å². The summed E-state index contributed by atoms with van der Waals surface area (Å²) in [5.74, 6) is 0.426. The zero-order chi connectivity index (χ0) is 8.20. The number of aliphatic hydroxyl groups is 2. The number of carboxylic acid groups (broad SMARTS) is 1. The minimum Gasteiger partial charge on any atom is -0.480 e. The summed E-state index contributed by atoms with van der Waals surface area (Å²) in [5.41, 5.74) is -1.82. The lowest BCUT2D eigenvalue weighted by molar-refractivity contribution is -0.149. The number of hydrogen-bond donors (Lipinski definition) is 3. The van der Waals surface area contributed by atoms with Crippen LogP contribution < -0.4 is 0 Å². The molecule has 0 bridgehead atoms. The molecule has 4 heteroatoms. The molecule has 0 aliphatic carbocycles. The van der Waals surface area contributed by atoms with Crippen LogP contribution >= 0.6 is 0 Å². The Balaban J connectivity index is 4.52. The molecule has 0 atom stereocenters. The largest absolute Gasteiger partial charge is 0.480 e. The van der Waals surface area contributed by atoms with Crippen LogP contribution in [0.15, 0.2) is 0 Å². The van der Waals surface area contributed by atoms with Crippen LogP contribution in [0.4, 0.5) is 0 Å². The maximum absolute atomic E-state index is 10.3. The SMILES string of the molecule is C#CC(CO)(CO)C(=O)O. The van der Waals surface area contributed by atoms with Gasteiger partial charge in [0.15, 0.2) is 5.41 Å². The normalized spacial score (nSPS) is 10.5. The monoisotopic (exact) mass is 144 g/mol. The molecule has 0 aromatic carbocycles. The lowest BCUT2D eigenvalue weighted by Crippen LogP contribution is -2.36. The van der Waals surface area contributed by atoms with Gasteiger partial charge in [0.1, 0.15) is 0 Å². The summed E-state index contributed by atoms with van der Waals surface area (Å²) >= 11 is 0. The van der Waals surface area contributed by atoms with Gasteiger partial charge in [0.25, 0.3) is 0 Å². The van der Waals surface area contributed by atoms with E-state index in [1.807, 2.05) is 5.92 Å². The van der Waals surface area contributed by atoms with Gasteiger partial charge in [0.05, 0.1) is 13.2 Å². The molecule has 0 aliphatic rings. The molecule has 3 N–H and O–H groups in total. The van der Waals surface area contributed by atoms with Crippen LogP contribution in [0.5, 0.6) is 0 Å². The molecule has 0 unspecified atom stereocenters. The highest BCUT2D eigenvalue weighted by Gasteiger charge is 2.35.